The van der Waals surface area contributed by atoms with Gasteiger partial charge in [-0.3, -0.25) is 0 Å². The molecule has 112 valence electrons. The molecule has 0 amide bonds. The van der Waals surface area contributed by atoms with Crippen LogP contribution in [0.2, 0.25) is 0 Å². The van der Waals surface area contributed by atoms with Crippen LogP contribution in [0.15, 0.2) is 0 Å². The minimum atomic E-state index is 0.787. The van der Waals surface area contributed by atoms with Gasteiger partial charge in [-0.1, -0.05) is 13.3 Å². The summed E-state index contributed by atoms with van der Waals surface area (Å²) in [5.41, 5.74) is 0. The van der Waals surface area contributed by atoms with Crippen LogP contribution in [0.5, 0.6) is 0 Å². The molecule has 2 rings (SSSR count). The van der Waals surface area contributed by atoms with Crippen LogP contribution < -0.4 is 5.32 Å². The van der Waals surface area contributed by atoms with E-state index >= 15 is 0 Å². The molecule has 0 atom stereocenters. The molecule has 2 fully saturated rings. The lowest BCUT2D eigenvalue weighted by molar-refractivity contribution is 0.193. The highest BCUT2D eigenvalue weighted by molar-refractivity contribution is 4.77. The molecule has 3 heteroatoms. The van der Waals surface area contributed by atoms with Crippen LogP contribution in [0.1, 0.15) is 51.9 Å². The lowest BCUT2D eigenvalue weighted by Crippen LogP contribution is -2.43. The fraction of sp³-hybridized carbons (Fsp3) is 1.00. The molecule has 0 aromatic carbocycles. The standard InChI is InChI=1S/C16H33N3/c1-2-10-18-14-7-16(8-15-18)17-9-6-13-19-11-4-3-5-12-19/h16-17H,2-15H2,1H3. The molecule has 2 aliphatic rings. The van der Waals surface area contributed by atoms with Gasteiger partial charge in [-0.05, 0) is 84.3 Å². The Balaban J connectivity index is 1.47. The average molecular weight is 267 g/mol. The lowest BCUT2D eigenvalue weighted by Gasteiger charge is -2.32. The zero-order chi connectivity index (χ0) is 13.3. The van der Waals surface area contributed by atoms with Gasteiger partial charge in [0.15, 0.2) is 0 Å². The van der Waals surface area contributed by atoms with E-state index in [4.69, 9.17) is 0 Å². The zero-order valence-corrected chi connectivity index (χ0v) is 12.9. The first-order valence-electron chi connectivity index (χ1n) is 8.56. The Morgan fingerprint density at radius 1 is 0.895 bits per heavy atom. The predicted octanol–water partition coefficient (Wildman–Crippen LogP) is 2.33. The fourth-order valence-electron chi connectivity index (χ4n) is 3.47. The molecule has 0 spiro atoms. The van der Waals surface area contributed by atoms with Crippen molar-refractivity contribution < 1.29 is 0 Å². The quantitative estimate of drug-likeness (QED) is 0.714. The molecule has 2 aliphatic heterocycles. The van der Waals surface area contributed by atoms with E-state index in [-0.39, 0.29) is 0 Å². The van der Waals surface area contributed by atoms with Crippen molar-refractivity contribution in [2.75, 3.05) is 45.8 Å². The summed E-state index contributed by atoms with van der Waals surface area (Å²) in [6, 6.07) is 0.787. The minimum Gasteiger partial charge on any atom is -0.314 e. The van der Waals surface area contributed by atoms with Crippen molar-refractivity contribution in [3.8, 4) is 0 Å². The largest absolute Gasteiger partial charge is 0.314 e. The Morgan fingerprint density at radius 3 is 2.26 bits per heavy atom. The summed E-state index contributed by atoms with van der Waals surface area (Å²) in [6.45, 7) is 11.4. The summed E-state index contributed by atoms with van der Waals surface area (Å²) in [6.07, 6.45) is 9.62. The number of hydrogen-bond acceptors (Lipinski definition) is 3. The van der Waals surface area contributed by atoms with Crippen LogP contribution in [-0.4, -0.2) is 61.7 Å². The van der Waals surface area contributed by atoms with Crippen LogP contribution >= 0.6 is 0 Å². The van der Waals surface area contributed by atoms with Gasteiger partial charge in [0, 0.05) is 6.04 Å². The topological polar surface area (TPSA) is 18.5 Å². The van der Waals surface area contributed by atoms with Crippen LogP contribution in [0.4, 0.5) is 0 Å². The first kappa shape index (κ1) is 15.3. The summed E-state index contributed by atoms with van der Waals surface area (Å²) in [5, 5.41) is 3.77. The fourth-order valence-corrected chi connectivity index (χ4v) is 3.47. The van der Waals surface area contributed by atoms with E-state index < -0.39 is 0 Å². The molecule has 0 aromatic rings. The van der Waals surface area contributed by atoms with Gasteiger partial charge in [0.25, 0.3) is 0 Å². The molecular weight excluding hydrogens is 234 g/mol. The lowest BCUT2D eigenvalue weighted by atomic mass is 10.0. The molecule has 3 nitrogen and oxygen atoms in total. The maximum absolute atomic E-state index is 3.77. The Morgan fingerprint density at radius 2 is 1.58 bits per heavy atom. The molecule has 0 aromatic heterocycles. The molecular formula is C16H33N3. The number of piperidine rings is 2. The maximum Gasteiger partial charge on any atom is 0.00914 e. The maximum atomic E-state index is 3.77. The highest BCUT2D eigenvalue weighted by atomic mass is 15.1. The minimum absolute atomic E-state index is 0.787. The smallest absolute Gasteiger partial charge is 0.00914 e. The number of rotatable bonds is 7. The molecule has 0 saturated carbocycles. The van der Waals surface area contributed by atoms with Crippen molar-refractivity contribution in [3.63, 3.8) is 0 Å². The van der Waals surface area contributed by atoms with Crippen molar-refractivity contribution >= 4 is 0 Å². The molecule has 2 heterocycles. The van der Waals surface area contributed by atoms with Crippen molar-refractivity contribution in [3.05, 3.63) is 0 Å². The summed E-state index contributed by atoms with van der Waals surface area (Å²) in [5.74, 6) is 0. The summed E-state index contributed by atoms with van der Waals surface area (Å²) in [4.78, 5) is 5.26. The zero-order valence-electron chi connectivity index (χ0n) is 12.9. The van der Waals surface area contributed by atoms with E-state index in [2.05, 4.69) is 22.0 Å². The van der Waals surface area contributed by atoms with Crippen LogP contribution in [0.3, 0.4) is 0 Å². The van der Waals surface area contributed by atoms with E-state index in [0.717, 1.165) is 6.04 Å². The van der Waals surface area contributed by atoms with Gasteiger partial charge in [0.1, 0.15) is 0 Å². The molecule has 1 N–H and O–H groups in total. The summed E-state index contributed by atoms with van der Waals surface area (Å²) >= 11 is 0. The van der Waals surface area contributed by atoms with Crippen molar-refractivity contribution in [1.82, 2.24) is 15.1 Å². The second kappa shape index (κ2) is 8.93. The van der Waals surface area contributed by atoms with Crippen LogP contribution in [0.25, 0.3) is 0 Å². The Kier molecular flexibility index (Phi) is 7.18. The molecule has 0 radical (unpaired) electrons. The van der Waals surface area contributed by atoms with E-state index in [1.54, 1.807) is 0 Å². The van der Waals surface area contributed by atoms with Gasteiger partial charge in [-0.15, -0.1) is 0 Å². The summed E-state index contributed by atoms with van der Waals surface area (Å²) in [7, 11) is 0. The normalized spacial score (nSPS) is 23.8. The Labute approximate surface area is 119 Å². The average Bonchev–Trinajstić information content (AvgIpc) is 2.47. The van der Waals surface area contributed by atoms with E-state index in [1.807, 2.05) is 0 Å². The first-order chi connectivity index (χ1) is 9.38. The Bertz CT molecular complexity index is 218. The van der Waals surface area contributed by atoms with Gasteiger partial charge < -0.3 is 15.1 Å². The third-order valence-electron chi connectivity index (χ3n) is 4.66. The molecule has 19 heavy (non-hydrogen) atoms. The number of nitrogens with one attached hydrogen (secondary N) is 1. The van der Waals surface area contributed by atoms with Gasteiger partial charge in [0.2, 0.25) is 0 Å². The van der Waals surface area contributed by atoms with Gasteiger partial charge >= 0.3 is 0 Å². The van der Waals surface area contributed by atoms with Gasteiger partial charge in [0.05, 0.1) is 0 Å². The summed E-state index contributed by atoms with van der Waals surface area (Å²) < 4.78 is 0. The molecule has 0 unspecified atom stereocenters. The molecule has 2 saturated heterocycles. The van der Waals surface area contributed by atoms with Crippen molar-refractivity contribution in [1.29, 1.82) is 0 Å². The first-order valence-corrected chi connectivity index (χ1v) is 8.56. The van der Waals surface area contributed by atoms with Crippen molar-refractivity contribution in [2.24, 2.45) is 0 Å². The van der Waals surface area contributed by atoms with Crippen LogP contribution in [0, 0.1) is 0 Å². The van der Waals surface area contributed by atoms with E-state index in [0.29, 0.717) is 0 Å². The second-order valence-corrected chi connectivity index (χ2v) is 6.33. The van der Waals surface area contributed by atoms with Gasteiger partial charge in [-0.2, -0.15) is 0 Å². The molecule has 0 aliphatic carbocycles. The number of hydrogen-bond donors (Lipinski definition) is 1. The van der Waals surface area contributed by atoms with Gasteiger partial charge in [-0.25, -0.2) is 0 Å². The van der Waals surface area contributed by atoms with Crippen LogP contribution in [-0.2, 0) is 0 Å². The Hall–Kier alpha value is -0.120. The predicted molar refractivity (Wildman–Crippen MR) is 82.7 cm³/mol. The number of likely N-dealkylation sites (tertiary alicyclic amines) is 2. The highest BCUT2D eigenvalue weighted by Gasteiger charge is 2.17. The highest BCUT2D eigenvalue weighted by Crippen LogP contribution is 2.11. The molecule has 0 bridgehead atoms. The van der Waals surface area contributed by atoms with Crippen molar-refractivity contribution in [2.45, 2.75) is 57.9 Å². The monoisotopic (exact) mass is 267 g/mol. The third kappa shape index (κ3) is 5.80. The number of nitrogens with zero attached hydrogens (tertiary/aromatic N) is 2. The van der Waals surface area contributed by atoms with E-state index in [1.165, 1.54) is 90.8 Å². The SMILES string of the molecule is CCCN1CCC(NCCCN2CCCCC2)CC1. The van der Waals surface area contributed by atoms with E-state index in [9.17, 15) is 0 Å². The third-order valence-corrected chi connectivity index (χ3v) is 4.66. The second-order valence-electron chi connectivity index (χ2n) is 6.33.